The van der Waals surface area contributed by atoms with Crippen LogP contribution in [0.4, 0.5) is 13.2 Å². The molecular formula is C12H23F3O2Si. The predicted molar refractivity (Wildman–Crippen MR) is 66.9 cm³/mol. The van der Waals surface area contributed by atoms with Crippen LogP contribution in [0.15, 0.2) is 0 Å². The zero-order chi connectivity index (χ0) is 13.6. The molecule has 0 aliphatic heterocycles. The van der Waals surface area contributed by atoms with Gasteiger partial charge >= 0.3 is 15.5 Å². The molecule has 1 aliphatic rings. The summed E-state index contributed by atoms with van der Waals surface area (Å²) < 4.78 is 48.7. The molecule has 0 aromatic rings. The highest BCUT2D eigenvalue weighted by Gasteiger charge is 2.46. The van der Waals surface area contributed by atoms with Crippen molar-refractivity contribution in [3.63, 3.8) is 0 Å². The molecule has 0 unspecified atom stereocenters. The smallest absolute Gasteiger partial charge is 0.389 e. The fourth-order valence-electron chi connectivity index (χ4n) is 2.78. The van der Waals surface area contributed by atoms with Crippen LogP contribution in [0.1, 0.15) is 52.4 Å². The minimum atomic E-state index is -4.08. The van der Waals surface area contributed by atoms with Gasteiger partial charge in [0.2, 0.25) is 0 Å². The summed E-state index contributed by atoms with van der Waals surface area (Å²) >= 11 is 0. The molecule has 0 saturated heterocycles. The highest BCUT2D eigenvalue weighted by molar-refractivity contribution is 6.48. The Bertz CT molecular complexity index is 234. The van der Waals surface area contributed by atoms with Crippen molar-refractivity contribution in [3.05, 3.63) is 0 Å². The van der Waals surface area contributed by atoms with E-state index in [1.54, 1.807) is 0 Å². The molecule has 1 fully saturated rings. The summed E-state index contributed by atoms with van der Waals surface area (Å²) in [6.07, 6.45) is -0.944. The van der Waals surface area contributed by atoms with Crippen molar-refractivity contribution in [1.29, 1.82) is 0 Å². The minimum Gasteiger partial charge on any atom is -0.397 e. The SMILES string of the molecule is CCO[SiH](OCC)C1(CCC(F)(F)F)CCCC1. The van der Waals surface area contributed by atoms with Gasteiger partial charge in [0.15, 0.2) is 0 Å². The van der Waals surface area contributed by atoms with Crippen LogP contribution in [-0.4, -0.2) is 28.7 Å². The number of alkyl halides is 3. The van der Waals surface area contributed by atoms with Crippen LogP contribution in [0, 0.1) is 0 Å². The lowest BCUT2D eigenvalue weighted by atomic mass is 10.00. The van der Waals surface area contributed by atoms with E-state index in [1.165, 1.54) is 0 Å². The number of rotatable bonds is 7. The van der Waals surface area contributed by atoms with Crippen molar-refractivity contribution < 1.29 is 22.0 Å². The van der Waals surface area contributed by atoms with E-state index in [4.69, 9.17) is 8.85 Å². The van der Waals surface area contributed by atoms with Gasteiger partial charge in [0.1, 0.15) is 0 Å². The number of halogens is 3. The molecule has 0 aromatic carbocycles. The van der Waals surface area contributed by atoms with Gasteiger partial charge in [-0.25, -0.2) is 0 Å². The monoisotopic (exact) mass is 284 g/mol. The summed E-state index contributed by atoms with van der Waals surface area (Å²) in [5, 5.41) is -0.304. The first kappa shape index (κ1) is 16.0. The maximum Gasteiger partial charge on any atom is 0.389 e. The van der Waals surface area contributed by atoms with Crippen LogP contribution in [0.3, 0.4) is 0 Å². The normalized spacial score (nSPS) is 19.7. The lowest BCUT2D eigenvalue weighted by Gasteiger charge is -2.35. The molecule has 0 bridgehead atoms. The topological polar surface area (TPSA) is 18.5 Å². The summed E-state index contributed by atoms with van der Waals surface area (Å²) in [6.45, 7) is 4.83. The van der Waals surface area contributed by atoms with E-state index in [0.717, 1.165) is 25.7 Å². The van der Waals surface area contributed by atoms with E-state index in [1.807, 2.05) is 13.8 Å². The molecule has 108 valence electrons. The van der Waals surface area contributed by atoms with Crippen molar-refractivity contribution in [3.8, 4) is 0 Å². The quantitative estimate of drug-likeness (QED) is 0.659. The Morgan fingerprint density at radius 1 is 1.06 bits per heavy atom. The summed E-state index contributed by atoms with van der Waals surface area (Å²) in [4.78, 5) is 0. The summed E-state index contributed by atoms with van der Waals surface area (Å²) in [5.74, 6) is 0. The van der Waals surface area contributed by atoms with Gasteiger partial charge in [-0.1, -0.05) is 12.8 Å². The van der Waals surface area contributed by atoms with Gasteiger partial charge in [0, 0.05) is 24.7 Å². The van der Waals surface area contributed by atoms with Gasteiger partial charge in [0.05, 0.1) is 0 Å². The average molecular weight is 284 g/mol. The van der Waals surface area contributed by atoms with Crippen LogP contribution in [-0.2, 0) is 8.85 Å². The van der Waals surface area contributed by atoms with Gasteiger partial charge < -0.3 is 8.85 Å². The first-order chi connectivity index (χ1) is 8.43. The maximum atomic E-state index is 12.4. The summed E-state index contributed by atoms with van der Waals surface area (Å²) in [7, 11) is -2.01. The van der Waals surface area contributed by atoms with Gasteiger partial charge in [-0.15, -0.1) is 0 Å². The molecule has 0 amide bonds. The Morgan fingerprint density at radius 3 is 1.94 bits per heavy atom. The highest BCUT2D eigenvalue weighted by Crippen LogP contribution is 2.52. The molecule has 1 saturated carbocycles. The second-order valence-corrected chi connectivity index (χ2v) is 7.48. The molecule has 6 heteroatoms. The number of hydrogen-bond acceptors (Lipinski definition) is 2. The predicted octanol–water partition coefficient (Wildman–Crippen LogP) is 3.94. The Balaban J connectivity index is 2.70. The van der Waals surface area contributed by atoms with E-state index in [0.29, 0.717) is 13.2 Å². The van der Waals surface area contributed by atoms with Gasteiger partial charge in [-0.05, 0) is 33.1 Å². The Morgan fingerprint density at radius 2 is 1.56 bits per heavy atom. The summed E-state index contributed by atoms with van der Waals surface area (Å²) in [6, 6.07) is 0. The minimum absolute atomic E-state index is 0.174. The van der Waals surface area contributed by atoms with E-state index >= 15 is 0 Å². The fourth-order valence-corrected chi connectivity index (χ4v) is 5.45. The average Bonchev–Trinajstić information content (AvgIpc) is 2.75. The second-order valence-electron chi connectivity index (χ2n) is 4.93. The molecule has 1 rings (SSSR count). The molecule has 0 spiro atoms. The Kier molecular flexibility index (Phi) is 6.14. The van der Waals surface area contributed by atoms with Gasteiger partial charge in [-0.2, -0.15) is 13.2 Å². The molecule has 0 aromatic heterocycles. The maximum absolute atomic E-state index is 12.4. The highest BCUT2D eigenvalue weighted by atomic mass is 28.3. The van der Waals surface area contributed by atoms with E-state index in [2.05, 4.69) is 0 Å². The molecule has 1 aliphatic carbocycles. The van der Waals surface area contributed by atoms with Crippen LogP contribution in [0.25, 0.3) is 0 Å². The largest absolute Gasteiger partial charge is 0.397 e. The zero-order valence-corrected chi connectivity index (χ0v) is 12.3. The first-order valence-corrected chi connectivity index (χ1v) is 8.25. The summed E-state index contributed by atoms with van der Waals surface area (Å²) in [5.41, 5.74) is 0. The van der Waals surface area contributed by atoms with Gasteiger partial charge in [-0.3, -0.25) is 0 Å². The molecule has 18 heavy (non-hydrogen) atoms. The van der Waals surface area contributed by atoms with Crippen molar-refractivity contribution in [2.75, 3.05) is 13.2 Å². The lowest BCUT2D eigenvalue weighted by Crippen LogP contribution is -2.38. The molecule has 0 heterocycles. The molecule has 0 atom stereocenters. The zero-order valence-electron chi connectivity index (χ0n) is 11.2. The fraction of sp³-hybridized carbons (Fsp3) is 1.00. The van der Waals surface area contributed by atoms with Crippen LogP contribution in [0.5, 0.6) is 0 Å². The van der Waals surface area contributed by atoms with Crippen LogP contribution >= 0.6 is 0 Å². The standard InChI is InChI=1S/C12H23F3O2Si/c1-3-16-18(17-4-2)11(7-5-6-8-11)9-10-12(13,14)15/h18H,3-10H2,1-2H3. The van der Waals surface area contributed by atoms with Crippen LogP contribution in [0.2, 0.25) is 5.04 Å². The number of hydrogen-bond donors (Lipinski definition) is 0. The third kappa shape index (κ3) is 4.55. The van der Waals surface area contributed by atoms with E-state index in [-0.39, 0.29) is 11.5 Å². The molecule has 0 N–H and O–H groups in total. The van der Waals surface area contributed by atoms with Gasteiger partial charge in [0.25, 0.3) is 0 Å². The third-order valence-corrected chi connectivity index (χ3v) is 6.78. The first-order valence-electron chi connectivity index (χ1n) is 6.73. The third-order valence-electron chi connectivity index (χ3n) is 3.64. The van der Waals surface area contributed by atoms with Crippen molar-refractivity contribution in [2.24, 2.45) is 0 Å². The molecule has 0 radical (unpaired) electrons. The Labute approximate surface area is 109 Å². The van der Waals surface area contributed by atoms with E-state index < -0.39 is 21.9 Å². The Hall–Kier alpha value is -0.0731. The van der Waals surface area contributed by atoms with Crippen molar-refractivity contribution >= 4 is 9.28 Å². The van der Waals surface area contributed by atoms with Crippen molar-refractivity contribution in [1.82, 2.24) is 0 Å². The van der Waals surface area contributed by atoms with Crippen LogP contribution < -0.4 is 0 Å². The molecule has 2 nitrogen and oxygen atoms in total. The van der Waals surface area contributed by atoms with Crippen molar-refractivity contribution in [2.45, 2.75) is 63.6 Å². The second kappa shape index (κ2) is 6.91. The lowest BCUT2D eigenvalue weighted by molar-refractivity contribution is -0.137. The molecular weight excluding hydrogens is 261 g/mol. The van der Waals surface area contributed by atoms with E-state index in [9.17, 15) is 13.2 Å².